The Morgan fingerprint density at radius 1 is 1.50 bits per heavy atom. The number of nitrogens with two attached hydrogens (primary N) is 1. The van der Waals surface area contributed by atoms with Crippen LogP contribution in [-0.2, 0) is 0 Å². The molecular weight excluding hydrogens is 223 g/mol. The lowest BCUT2D eigenvalue weighted by Crippen LogP contribution is -2.10. The van der Waals surface area contributed by atoms with Gasteiger partial charge in [0, 0.05) is 24.9 Å². The van der Waals surface area contributed by atoms with Crippen LogP contribution in [0.15, 0.2) is 12.4 Å². The van der Waals surface area contributed by atoms with Crippen LogP contribution in [0.2, 0.25) is 0 Å². The van der Waals surface area contributed by atoms with Crippen LogP contribution in [0.4, 0.5) is 11.6 Å². The SMILES string of the molecule is Nc1nccnc1NCC1CC1(Cl)Cl. The van der Waals surface area contributed by atoms with Gasteiger partial charge in [-0.3, -0.25) is 0 Å². The highest BCUT2D eigenvalue weighted by atomic mass is 35.5. The van der Waals surface area contributed by atoms with Gasteiger partial charge in [0.05, 0.1) is 0 Å². The molecule has 0 aliphatic heterocycles. The van der Waals surface area contributed by atoms with E-state index in [1.807, 2.05) is 0 Å². The highest BCUT2D eigenvalue weighted by molar-refractivity contribution is 6.50. The van der Waals surface area contributed by atoms with Crippen LogP contribution < -0.4 is 11.1 Å². The van der Waals surface area contributed by atoms with Crippen LogP contribution in [0.3, 0.4) is 0 Å². The Morgan fingerprint density at radius 3 is 2.71 bits per heavy atom. The lowest BCUT2D eigenvalue weighted by Gasteiger charge is -2.06. The Morgan fingerprint density at radius 2 is 2.14 bits per heavy atom. The maximum Gasteiger partial charge on any atom is 0.168 e. The van der Waals surface area contributed by atoms with E-state index >= 15 is 0 Å². The Balaban J connectivity index is 1.90. The molecule has 1 heterocycles. The lowest BCUT2D eigenvalue weighted by molar-refractivity contribution is 0.868. The van der Waals surface area contributed by atoms with Gasteiger partial charge in [0.1, 0.15) is 4.33 Å². The van der Waals surface area contributed by atoms with Crippen LogP contribution in [0.5, 0.6) is 0 Å². The number of nitrogens with zero attached hydrogens (tertiary/aromatic N) is 2. The van der Waals surface area contributed by atoms with Crippen molar-refractivity contribution in [1.29, 1.82) is 0 Å². The van der Waals surface area contributed by atoms with Gasteiger partial charge in [-0.15, -0.1) is 23.2 Å². The maximum atomic E-state index is 5.87. The smallest absolute Gasteiger partial charge is 0.168 e. The van der Waals surface area contributed by atoms with E-state index in [0.29, 0.717) is 18.2 Å². The van der Waals surface area contributed by atoms with Gasteiger partial charge in [0.25, 0.3) is 0 Å². The van der Waals surface area contributed by atoms with E-state index in [4.69, 9.17) is 28.9 Å². The summed E-state index contributed by atoms with van der Waals surface area (Å²) in [5.41, 5.74) is 5.59. The molecule has 0 spiro atoms. The normalized spacial score (nSPS) is 23.1. The summed E-state index contributed by atoms with van der Waals surface area (Å²) in [6, 6.07) is 0. The summed E-state index contributed by atoms with van der Waals surface area (Å²) < 4.78 is -0.566. The first-order chi connectivity index (χ1) is 6.59. The molecule has 1 aromatic heterocycles. The van der Waals surface area contributed by atoms with Gasteiger partial charge in [0.15, 0.2) is 11.6 Å². The Labute approximate surface area is 91.8 Å². The van der Waals surface area contributed by atoms with Crippen LogP contribution in [0, 0.1) is 5.92 Å². The van der Waals surface area contributed by atoms with Crippen LogP contribution >= 0.6 is 23.2 Å². The zero-order valence-corrected chi connectivity index (χ0v) is 8.89. The molecule has 1 saturated carbocycles. The molecule has 1 aromatic rings. The van der Waals surface area contributed by atoms with Crippen molar-refractivity contribution >= 4 is 34.8 Å². The van der Waals surface area contributed by atoms with Gasteiger partial charge in [-0.05, 0) is 6.42 Å². The number of hydrogen-bond donors (Lipinski definition) is 2. The van der Waals surface area contributed by atoms with E-state index in [2.05, 4.69) is 15.3 Å². The largest absolute Gasteiger partial charge is 0.381 e. The number of alkyl halides is 2. The van der Waals surface area contributed by atoms with Crippen molar-refractivity contribution in [3.05, 3.63) is 12.4 Å². The zero-order valence-electron chi connectivity index (χ0n) is 7.37. The molecule has 1 aliphatic rings. The molecule has 1 atom stereocenters. The number of anilines is 2. The van der Waals surface area contributed by atoms with E-state index in [0.717, 1.165) is 6.42 Å². The van der Waals surface area contributed by atoms with Crippen molar-refractivity contribution in [3.63, 3.8) is 0 Å². The molecule has 76 valence electrons. The Kier molecular flexibility index (Phi) is 2.41. The van der Waals surface area contributed by atoms with E-state index in [1.54, 1.807) is 12.4 Å². The van der Waals surface area contributed by atoms with Gasteiger partial charge in [-0.1, -0.05) is 0 Å². The number of nitrogens with one attached hydrogen (secondary N) is 1. The molecule has 1 fully saturated rings. The van der Waals surface area contributed by atoms with Gasteiger partial charge in [-0.2, -0.15) is 0 Å². The summed E-state index contributed by atoms with van der Waals surface area (Å²) in [6.45, 7) is 0.676. The molecular formula is C8H10Cl2N4. The van der Waals surface area contributed by atoms with Gasteiger partial charge >= 0.3 is 0 Å². The Bertz CT molecular complexity index is 342. The number of halogens is 2. The monoisotopic (exact) mass is 232 g/mol. The molecule has 0 bridgehead atoms. The summed E-state index contributed by atoms with van der Waals surface area (Å²) in [6.07, 6.45) is 3.94. The summed E-state index contributed by atoms with van der Waals surface area (Å²) in [4.78, 5) is 7.94. The van der Waals surface area contributed by atoms with Crippen molar-refractivity contribution in [2.75, 3.05) is 17.6 Å². The van der Waals surface area contributed by atoms with E-state index in [1.165, 1.54) is 0 Å². The Hall–Kier alpha value is -0.740. The van der Waals surface area contributed by atoms with Gasteiger partial charge in [0.2, 0.25) is 0 Å². The molecule has 0 radical (unpaired) electrons. The first-order valence-corrected chi connectivity index (χ1v) is 5.03. The zero-order chi connectivity index (χ0) is 10.2. The minimum Gasteiger partial charge on any atom is -0.381 e. The number of rotatable bonds is 3. The molecule has 1 unspecified atom stereocenters. The molecule has 14 heavy (non-hydrogen) atoms. The minimum absolute atomic E-state index is 0.271. The van der Waals surface area contributed by atoms with Crippen molar-refractivity contribution < 1.29 is 0 Å². The highest BCUT2D eigenvalue weighted by Crippen LogP contribution is 2.52. The molecule has 0 aromatic carbocycles. The average molecular weight is 233 g/mol. The van der Waals surface area contributed by atoms with Crippen molar-refractivity contribution in [3.8, 4) is 0 Å². The molecule has 0 saturated heterocycles. The third kappa shape index (κ3) is 2.01. The molecule has 4 nitrogen and oxygen atoms in total. The second-order valence-electron chi connectivity index (χ2n) is 3.33. The number of hydrogen-bond acceptors (Lipinski definition) is 4. The lowest BCUT2D eigenvalue weighted by atomic mass is 10.4. The quantitative estimate of drug-likeness (QED) is 0.779. The number of aromatic nitrogens is 2. The van der Waals surface area contributed by atoms with Crippen molar-refractivity contribution in [1.82, 2.24) is 9.97 Å². The van der Waals surface area contributed by atoms with Crippen LogP contribution in [0.25, 0.3) is 0 Å². The van der Waals surface area contributed by atoms with E-state index in [-0.39, 0.29) is 5.92 Å². The fourth-order valence-electron chi connectivity index (χ4n) is 1.20. The van der Waals surface area contributed by atoms with Gasteiger partial charge in [-0.25, -0.2) is 9.97 Å². The molecule has 0 amide bonds. The highest BCUT2D eigenvalue weighted by Gasteiger charge is 2.51. The third-order valence-corrected chi connectivity index (χ3v) is 3.12. The van der Waals surface area contributed by atoms with Crippen LogP contribution in [0.1, 0.15) is 6.42 Å². The standard InChI is InChI=1S/C8H10Cl2N4/c9-8(10)3-5(8)4-14-7-6(11)12-1-2-13-7/h1-2,5H,3-4H2,(H2,11,12)(H,13,14). The van der Waals surface area contributed by atoms with Crippen molar-refractivity contribution in [2.24, 2.45) is 5.92 Å². The summed E-state index contributed by atoms with van der Waals surface area (Å²) in [5.74, 6) is 1.25. The molecule has 2 rings (SSSR count). The molecule has 3 N–H and O–H groups in total. The van der Waals surface area contributed by atoms with Crippen LogP contribution in [-0.4, -0.2) is 20.8 Å². The summed E-state index contributed by atoms with van der Waals surface area (Å²) in [5, 5.41) is 3.06. The first-order valence-electron chi connectivity index (χ1n) is 4.28. The second-order valence-corrected chi connectivity index (χ2v) is 4.88. The maximum absolute atomic E-state index is 5.87. The fraction of sp³-hybridized carbons (Fsp3) is 0.500. The fourth-order valence-corrected chi connectivity index (χ4v) is 1.72. The minimum atomic E-state index is -0.566. The molecule has 1 aliphatic carbocycles. The third-order valence-electron chi connectivity index (χ3n) is 2.20. The molecule has 6 heteroatoms. The average Bonchev–Trinajstić information content (AvgIpc) is 2.73. The van der Waals surface area contributed by atoms with E-state index < -0.39 is 4.33 Å². The number of nitrogen functional groups attached to an aromatic ring is 1. The second kappa shape index (κ2) is 3.44. The first kappa shape index (κ1) is 9.80. The topological polar surface area (TPSA) is 63.8 Å². The van der Waals surface area contributed by atoms with Crippen molar-refractivity contribution in [2.45, 2.75) is 10.8 Å². The summed E-state index contributed by atoms with van der Waals surface area (Å²) >= 11 is 11.7. The predicted octanol–water partition coefficient (Wildman–Crippen LogP) is 1.66. The summed E-state index contributed by atoms with van der Waals surface area (Å²) in [7, 11) is 0. The van der Waals surface area contributed by atoms with Gasteiger partial charge < -0.3 is 11.1 Å². The predicted molar refractivity (Wildman–Crippen MR) is 57.5 cm³/mol. The van der Waals surface area contributed by atoms with E-state index in [9.17, 15) is 0 Å².